The Morgan fingerprint density at radius 3 is 2.97 bits per heavy atom. The van der Waals surface area contributed by atoms with E-state index in [4.69, 9.17) is 4.52 Å². The molecule has 1 fully saturated rings. The van der Waals surface area contributed by atoms with Crippen LogP contribution < -0.4 is 11.2 Å². The number of aliphatic hydroxyl groups is 1. The first-order chi connectivity index (χ1) is 14.8. The number of aromatic nitrogens is 5. The van der Waals surface area contributed by atoms with Crippen LogP contribution in [-0.4, -0.2) is 59.3 Å². The summed E-state index contributed by atoms with van der Waals surface area (Å²) >= 11 is 0. The van der Waals surface area contributed by atoms with Gasteiger partial charge < -0.3 is 14.5 Å². The Kier molecular flexibility index (Phi) is 5.51. The summed E-state index contributed by atoms with van der Waals surface area (Å²) in [5.74, 6) is 0.589. The third kappa shape index (κ3) is 4.45. The van der Waals surface area contributed by atoms with Crippen molar-refractivity contribution in [3.05, 3.63) is 63.5 Å². The van der Waals surface area contributed by atoms with Crippen molar-refractivity contribution in [2.45, 2.75) is 37.8 Å². The van der Waals surface area contributed by atoms with Crippen LogP contribution in [0.1, 0.15) is 31.7 Å². The molecule has 3 aromatic rings. The highest BCUT2D eigenvalue weighted by Gasteiger charge is 2.40. The number of carbonyl (C=O) groups is 1. The van der Waals surface area contributed by atoms with Crippen LogP contribution in [0.3, 0.4) is 0 Å². The van der Waals surface area contributed by atoms with Crippen LogP contribution in [0.4, 0.5) is 0 Å². The fourth-order valence-electron chi connectivity index (χ4n) is 3.65. The van der Waals surface area contributed by atoms with Crippen LogP contribution in [-0.2, 0) is 11.2 Å². The zero-order chi connectivity index (χ0) is 22.0. The third-order valence-electron chi connectivity index (χ3n) is 5.48. The number of aromatic amines is 1. The van der Waals surface area contributed by atoms with Gasteiger partial charge in [-0.25, -0.2) is 4.79 Å². The number of rotatable bonds is 5. The van der Waals surface area contributed by atoms with Gasteiger partial charge in [0.15, 0.2) is 0 Å². The van der Waals surface area contributed by atoms with E-state index in [-0.39, 0.29) is 25.3 Å². The zero-order valence-electron chi connectivity index (χ0n) is 16.9. The molecule has 0 radical (unpaired) electrons. The number of pyridine rings is 1. The number of piperidine rings is 1. The zero-order valence-corrected chi connectivity index (χ0v) is 16.9. The Labute approximate surface area is 176 Å². The van der Waals surface area contributed by atoms with Gasteiger partial charge in [-0.15, -0.1) is 0 Å². The summed E-state index contributed by atoms with van der Waals surface area (Å²) in [7, 11) is 0. The van der Waals surface area contributed by atoms with Gasteiger partial charge >= 0.3 is 5.69 Å². The van der Waals surface area contributed by atoms with E-state index in [1.165, 1.54) is 16.8 Å². The van der Waals surface area contributed by atoms with E-state index < -0.39 is 22.9 Å². The Morgan fingerprint density at radius 1 is 1.39 bits per heavy atom. The van der Waals surface area contributed by atoms with Crippen LogP contribution in [0.25, 0.3) is 11.4 Å². The number of nitrogens with zero attached hydrogens (tertiary/aromatic N) is 5. The minimum Gasteiger partial charge on any atom is -0.388 e. The smallest absolute Gasteiger partial charge is 0.328 e. The second-order valence-corrected chi connectivity index (χ2v) is 7.73. The lowest BCUT2D eigenvalue weighted by Crippen LogP contribution is -2.55. The summed E-state index contributed by atoms with van der Waals surface area (Å²) in [5, 5.41) is 14.7. The van der Waals surface area contributed by atoms with Crippen molar-refractivity contribution >= 4 is 5.91 Å². The molecule has 4 rings (SSSR count). The molecular weight excluding hydrogens is 404 g/mol. The van der Waals surface area contributed by atoms with E-state index in [9.17, 15) is 19.5 Å². The van der Waals surface area contributed by atoms with Crippen molar-refractivity contribution in [2.75, 3.05) is 13.1 Å². The van der Waals surface area contributed by atoms with Crippen molar-refractivity contribution < 1.29 is 14.4 Å². The van der Waals surface area contributed by atoms with E-state index in [2.05, 4.69) is 20.1 Å². The van der Waals surface area contributed by atoms with Crippen molar-refractivity contribution in [1.29, 1.82) is 0 Å². The molecule has 0 unspecified atom stereocenters. The molecule has 1 amide bonds. The minimum absolute atomic E-state index is 0.141. The number of H-pyrrole nitrogens is 1. The molecule has 1 saturated heterocycles. The number of aryl methyl sites for hydroxylation is 1. The molecule has 0 spiro atoms. The van der Waals surface area contributed by atoms with Gasteiger partial charge in [0.1, 0.15) is 0 Å². The van der Waals surface area contributed by atoms with Gasteiger partial charge in [0.25, 0.3) is 5.56 Å². The maximum Gasteiger partial charge on any atom is 0.328 e. The largest absolute Gasteiger partial charge is 0.388 e. The lowest BCUT2D eigenvalue weighted by molar-refractivity contribution is -0.138. The monoisotopic (exact) mass is 426 g/mol. The molecule has 0 bridgehead atoms. The standard InChI is InChI=1S/C20H22N6O5/c1-20(30)7-10-25(12-14(20)26-9-6-15(27)22-19(26)29)17(28)5-4-16-23-18(24-31-16)13-3-2-8-21-11-13/h2-3,6,8-9,11,14,30H,4-5,7,10,12H2,1H3,(H,22,27,29)/t14-,20-/m1/s1. The molecule has 11 nitrogen and oxygen atoms in total. The second kappa shape index (κ2) is 8.26. The summed E-state index contributed by atoms with van der Waals surface area (Å²) in [5.41, 5.74) is -1.63. The normalized spacial score (nSPS) is 21.2. The van der Waals surface area contributed by atoms with Crippen molar-refractivity contribution in [2.24, 2.45) is 0 Å². The molecular formula is C20H22N6O5. The Hall–Kier alpha value is -3.60. The van der Waals surface area contributed by atoms with Crippen molar-refractivity contribution in [1.82, 2.24) is 29.6 Å². The maximum atomic E-state index is 12.8. The number of carbonyl (C=O) groups excluding carboxylic acids is 1. The lowest BCUT2D eigenvalue weighted by atomic mass is 9.88. The maximum absolute atomic E-state index is 12.8. The third-order valence-corrected chi connectivity index (χ3v) is 5.48. The molecule has 0 aromatic carbocycles. The number of hydrogen-bond acceptors (Lipinski definition) is 8. The van der Waals surface area contributed by atoms with E-state index in [1.54, 1.807) is 30.3 Å². The van der Waals surface area contributed by atoms with Crippen LogP contribution in [0.2, 0.25) is 0 Å². The molecule has 0 aliphatic carbocycles. The highest BCUT2D eigenvalue weighted by molar-refractivity contribution is 5.76. The van der Waals surface area contributed by atoms with Crippen molar-refractivity contribution in [3.63, 3.8) is 0 Å². The average molecular weight is 426 g/mol. The molecule has 3 aromatic heterocycles. The summed E-state index contributed by atoms with van der Waals surface area (Å²) in [6.45, 7) is 2.11. The first-order valence-electron chi connectivity index (χ1n) is 9.88. The first kappa shape index (κ1) is 20.7. The van der Waals surface area contributed by atoms with Crippen LogP contribution in [0.15, 0.2) is 50.9 Å². The molecule has 2 atom stereocenters. The Balaban J connectivity index is 1.43. The number of likely N-dealkylation sites (tertiary alicyclic amines) is 1. The van der Waals surface area contributed by atoms with Gasteiger partial charge in [-0.2, -0.15) is 4.98 Å². The predicted molar refractivity (Wildman–Crippen MR) is 108 cm³/mol. The molecule has 0 saturated carbocycles. The van der Waals surface area contributed by atoms with E-state index >= 15 is 0 Å². The summed E-state index contributed by atoms with van der Waals surface area (Å²) < 4.78 is 6.49. The highest BCUT2D eigenvalue weighted by atomic mass is 16.5. The fourth-order valence-corrected chi connectivity index (χ4v) is 3.65. The Morgan fingerprint density at radius 2 is 2.23 bits per heavy atom. The van der Waals surface area contributed by atoms with Gasteiger partial charge in [0.05, 0.1) is 11.6 Å². The molecule has 1 aliphatic rings. The minimum atomic E-state index is -1.20. The van der Waals surface area contributed by atoms with Gasteiger partial charge in [0.2, 0.25) is 17.6 Å². The SMILES string of the molecule is C[C@@]1(O)CCN(C(=O)CCc2nc(-c3cccnc3)no2)C[C@H]1n1ccc(=O)[nH]c1=O. The van der Waals surface area contributed by atoms with E-state index in [0.29, 0.717) is 24.7 Å². The molecule has 31 heavy (non-hydrogen) atoms. The summed E-state index contributed by atoms with van der Waals surface area (Å²) in [6.07, 6.45) is 5.31. The highest BCUT2D eigenvalue weighted by Crippen LogP contribution is 2.31. The first-order valence-corrected chi connectivity index (χ1v) is 9.88. The predicted octanol–water partition coefficient (Wildman–Crippen LogP) is 0.139. The van der Waals surface area contributed by atoms with Crippen LogP contribution in [0.5, 0.6) is 0 Å². The molecule has 162 valence electrons. The number of amides is 1. The number of nitrogens with one attached hydrogen (secondary N) is 1. The van der Waals surface area contributed by atoms with E-state index in [1.807, 2.05) is 6.07 Å². The van der Waals surface area contributed by atoms with Gasteiger partial charge in [-0.05, 0) is 25.5 Å². The van der Waals surface area contributed by atoms with Gasteiger partial charge in [0, 0.05) is 56.2 Å². The van der Waals surface area contributed by atoms with E-state index in [0.717, 1.165) is 5.56 Å². The summed E-state index contributed by atoms with van der Waals surface area (Å²) in [6, 6.07) is 4.11. The molecule has 4 heterocycles. The fraction of sp³-hybridized carbons (Fsp3) is 0.400. The van der Waals surface area contributed by atoms with Gasteiger partial charge in [-0.1, -0.05) is 5.16 Å². The van der Waals surface area contributed by atoms with Gasteiger partial charge in [-0.3, -0.25) is 24.1 Å². The molecule has 2 N–H and O–H groups in total. The van der Waals surface area contributed by atoms with Crippen LogP contribution >= 0.6 is 0 Å². The number of hydrogen-bond donors (Lipinski definition) is 2. The second-order valence-electron chi connectivity index (χ2n) is 7.73. The quantitative estimate of drug-likeness (QED) is 0.585. The van der Waals surface area contributed by atoms with Crippen LogP contribution in [0, 0.1) is 0 Å². The Bertz CT molecular complexity index is 1180. The molecule has 11 heteroatoms. The topological polar surface area (TPSA) is 147 Å². The lowest BCUT2D eigenvalue weighted by Gasteiger charge is -2.43. The van der Waals surface area contributed by atoms with Crippen molar-refractivity contribution in [3.8, 4) is 11.4 Å². The molecule has 1 aliphatic heterocycles. The summed E-state index contributed by atoms with van der Waals surface area (Å²) in [4.78, 5) is 48.4. The average Bonchev–Trinajstić information content (AvgIpc) is 3.22.